The Labute approximate surface area is 179 Å². The quantitative estimate of drug-likeness (QED) is 0.397. The van der Waals surface area contributed by atoms with Gasteiger partial charge >= 0.3 is 11.9 Å². The number of halogens is 2. The van der Waals surface area contributed by atoms with Gasteiger partial charge < -0.3 is 15.5 Å². The minimum absolute atomic E-state index is 0.251. The second kappa shape index (κ2) is 11.0. The highest BCUT2D eigenvalue weighted by Gasteiger charge is 2.38. The standard InChI is InChI=1S/C23H20F2N2O2.CH4O/c24-23(25,22(28)29)14-16-9-11-20(12-10-16)27-15-17-5-4-8-19(13-17)21(26)18-6-2-1-3-7-18;1-2/h1-13,26-27H,14-15H2,(H,28,29);2H,1H3. The van der Waals surface area contributed by atoms with Crippen LogP contribution in [0.25, 0.3) is 0 Å². The monoisotopic (exact) mass is 426 g/mol. The van der Waals surface area contributed by atoms with Crippen LogP contribution in [0, 0.1) is 5.41 Å². The lowest BCUT2D eigenvalue weighted by Gasteiger charge is -2.12. The molecule has 0 aliphatic heterocycles. The fraction of sp³-hybridized carbons (Fsp3) is 0.167. The zero-order chi connectivity index (χ0) is 22.9. The van der Waals surface area contributed by atoms with E-state index in [0.717, 1.165) is 29.5 Å². The fourth-order valence-corrected chi connectivity index (χ4v) is 2.88. The summed E-state index contributed by atoms with van der Waals surface area (Å²) in [5.74, 6) is -5.90. The molecule has 3 rings (SSSR count). The molecule has 7 heteroatoms. The molecule has 0 amide bonds. The van der Waals surface area contributed by atoms with Crippen molar-refractivity contribution in [1.82, 2.24) is 0 Å². The molecule has 3 aromatic rings. The van der Waals surface area contributed by atoms with E-state index >= 15 is 0 Å². The van der Waals surface area contributed by atoms with Crippen LogP contribution in [0.3, 0.4) is 0 Å². The van der Waals surface area contributed by atoms with Crippen LogP contribution in [-0.2, 0) is 17.8 Å². The molecule has 3 aromatic carbocycles. The average Bonchev–Trinajstić information content (AvgIpc) is 2.80. The van der Waals surface area contributed by atoms with E-state index in [9.17, 15) is 13.6 Å². The summed E-state index contributed by atoms with van der Waals surface area (Å²) in [7, 11) is 1.00. The van der Waals surface area contributed by atoms with Crippen molar-refractivity contribution in [1.29, 1.82) is 5.41 Å². The molecule has 0 radical (unpaired) electrons. The number of aliphatic hydroxyl groups excluding tert-OH is 1. The van der Waals surface area contributed by atoms with Gasteiger partial charge in [0, 0.05) is 31.3 Å². The second-order valence-corrected chi connectivity index (χ2v) is 6.68. The van der Waals surface area contributed by atoms with E-state index in [1.54, 1.807) is 12.1 Å². The number of carbonyl (C=O) groups is 1. The normalized spacial score (nSPS) is 10.6. The number of hydrogen-bond acceptors (Lipinski definition) is 4. The topological polar surface area (TPSA) is 93.4 Å². The van der Waals surface area contributed by atoms with Crippen molar-refractivity contribution in [3.05, 3.63) is 101 Å². The lowest BCUT2D eigenvalue weighted by Crippen LogP contribution is -2.30. The molecule has 0 spiro atoms. The van der Waals surface area contributed by atoms with Crippen LogP contribution in [0.1, 0.15) is 22.3 Å². The van der Waals surface area contributed by atoms with Crippen molar-refractivity contribution in [2.75, 3.05) is 12.4 Å². The number of carboxylic acids is 1. The Morgan fingerprint density at radius 3 is 2.13 bits per heavy atom. The third-order valence-electron chi connectivity index (χ3n) is 4.47. The molecule has 4 N–H and O–H groups in total. The Morgan fingerprint density at radius 2 is 1.52 bits per heavy atom. The smallest absolute Gasteiger partial charge is 0.374 e. The van der Waals surface area contributed by atoms with E-state index in [2.05, 4.69) is 5.32 Å². The van der Waals surface area contributed by atoms with Crippen LogP contribution >= 0.6 is 0 Å². The van der Waals surface area contributed by atoms with Crippen molar-refractivity contribution in [3.63, 3.8) is 0 Å². The number of anilines is 1. The molecule has 31 heavy (non-hydrogen) atoms. The van der Waals surface area contributed by atoms with Gasteiger partial charge in [-0.25, -0.2) is 4.79 Å². The van der Waals surface area contributed by atoms with Gasteiger partial charge in [-0.15, -0.1) is 0 Å². The van der Waals surface area contributed by atoms with Crippen LogP contribution in [0.5, 0.6) is 0 Å². The first kappa shape index (κ1) is 23.7. The first-order valence-corrected chi connectivity index (χ1v) is 9.47. The Kier molecular flexibility index (Phi) is 8.40. The van der Waals surface area contributed by atoms with Crippen molar-refractivity contribution in [2.24, 2.45) is 0 Å². The van der Waals surface area contributed by atoms with Gasteiger partial charge in [-0.2, -0.15) is 8.78 Å². The van der Waals surface area contributed by atoms with Crippen LogP contribution in [0.4, 0.5) is 14.5 Å². The summed E-state index contributed by atoms with van der Waals surface area (Å²) in [6.45, 7) is 0.501. The molecule has 162 valence electrons. The van der Waals surface area contributed by atoms with Crippen molar-refractivity contribution >= 4 is 17.4 Å². The molecule has 0 heterocycles. The highest BCUT2D eigenvalue weighted by Crippen LogP contribution is 2.22. The van der Waals surface area contributed by atoms with Gasteiger partial charge in [0.25, 0.3) is 0 Å². The number of benzene rings is 3. The van der Waals surface area contributed by atoms with Gasteiger partial charge in [0.15, 0.2) is 0 Å². The Bertz CT molecular complexity index is 1010. The maximum absolute atomic E-state index is 13.3. The first-order chi connectivity index (χ1) is 14.8. The SMILES string of the molecule is CO.N=C(c1ccccc1)c1cccc(CNc2ccc(CC(F)(F)C(=O)O)cc2)c1. The third kappa shape index (κ3) is 6.72. The van der Waals surface area contributed by atoms with Crippen molar-refractivity contribution < 1.29 is 23.8 Å². The van der Waals surface area contributed by atoms with E-state index in [1.165, 1.54) is 12.1 Å². The Morgan fingerprint density at radius 1 is 0.903 bits per heavy atom. The van der Waals surface area contributed by atoms with Gasteiger partial charge in [-0.1, -0.05) is 60.7 Å². The van der Waals surface area contributed by atoms with Gasteiger partial charge in [-0.3, -0.25) is 5.41 Å². The summed E-state index contributed by atoms with van der Waals surface area (Å²) in [4.78, 5) is 10.5. The number of carboxylic acid groups (broad SMARTS) is 1. The fourth-order valence-electron chi connectivity index (χ4n) is 2.88. The van der Waals surface area contributed by atoms with Gasteiger partial charge in [-0.05, 0) is 34.9 Å². The predicted molar refractivity (Wildman–Crippen MR) is 117 cm³/mol. The maximum atomic E-state index is 13.3. The molecule has 0 fully saturated rings. The summed E-state index contributed by atoms with van der Waals surface area (Å²) < 4.78 is 26.6. The van der Waals surface area contributed by atoms with Crippen molar-refractivity contribution in [2.45, 2.75) is 18.9 Å². The molecule has 0 saturated carbocycles. The second-order valence-electron chi connectivity index (χ2n) is 6.68. The van der Waals surface area contributed by atoms with E-state index in [1.807, 2.05) is 54.6 Å². The first-order valence-electron chi connectivity index (χ1n) is 9.47. The van der Waals surface area contributed by atoms with Crippen LogP contribution in [0.2, 0.25) is 0 Å². The summed E-state index contributed by atoms with van der Waals surface area (Å²) in [6.07, 6.45) is -0.841. The van der Waals surface area contributed by atoms with Crippen LogP contribution in [0.15, 0.2) is 78.9 Å². The van der Waals surface area contributed by atoms with E-state index in [-0.39, 0.29) is 5.56 Å². The summed E-state index contributed by atoms with van der Waals surface area (Å²) in [5.41, 5.74) is 4.05. The maximum Gasteiger partial charge on any atom is 0.374 e. The summed E-state index contributed by atoms with van der Waals surface area (Å²) in [5, 5.41) is 27.1. The molecular weight excluding hydrogens is 402 g/mol. The highest BCUT2D eigenvalue weighted by atomic mass is 19.3. The number of hydrogen-bond donors (Lipinski definition) is 4. The lowest BCUT2D eigenvalue weighted by molar-refractivity contribution is -0.164. The molecule has 0 aliphatic carbocycles. The van der Waals surface area contributed by atoms with E-state index in [4.69, 9.17) is 15.6 Å². The molecule has 0 aliphatic rings. The minimum Gasteiger partial charge on any atom is -0.477 e. The number of rotatable bonds is 8. The number of aliphatic carboxylic acids is 1. The minimum atomic E-state index is -3.78. The van der Waals surface area contributed by atoms with Crippen molar-refractivity contribution in [3.8, 4) is 0 Å². The summed E-state index contributed by atoms with van der Waals surface area (Å²) >= 11 is 0. The van der Waals surface area contributed by atoms with Gasteiger partial charge in [0.05, 0.1) is 5.71 Å². The molecular formula is C24H24F2N2O3. The van der Waals surface area contributed by atoms with E-state index in [0.29, 0.717) is 12.3 Å². The molecule has 0 atom stereocenters. The molecule has 0 saturated heterocycles. The zero-order valence-electron chi connectivity index (χ0n) is 17.0. The highest BCUT2D eigenvalue weighted by molar-refractivity contribution is 6.10. The van der Waals surface area contributed by atoms with Gasteiger partial charge in [0.1, 0.15) is 0 Å². The number of nitrogens with one attached hydrogen (secondary N) is 2. The third-order valence-corrected chi connectivity index (χ3v) is 4.47. The van der Waals surface area contributed by atoms with Crippen LogP contribution < -0.4 is 5.32 Å². The Hall–Kier alpha value is -3.58. The average molecular weight is 426 g/mol. The zero-order valence-corrected chi connectivity index (χ0v) is 17.0. The lowest BCUT2D eigenvalue weighted by atomic mass is 10.0. The molecule has 0 bridgehead atoms. The largest absolute Gasteiger partial charge is 0.477 e. The predicted octanol–water partition coefficient (Wildman–Crippen LogP) is 4.59. The summed E-state index contributed by atoms with van der Waals surface area (Å²) in [6, 6.07) is 23.4. The number of aliphatic hydroxyl groups is 1. The Balaban J connectivity index is 0.00000166. The van der Waals surface area contributed by atoms with E-state index < -0.39 is 18.3 Å². The van der Waals surface area contributed by atoms with Crippen LogP contribution in [-0.4, -0.2) is 34.9 Å². The molecule has 5 nitrogen and oxygen atoms in total. The molecule has 0 aromatic heterocycles. The number of alkyl halides is 2. The molecule has 0 unspecified atom stereocenters. The van der Waals surface area contributed by atoms with Gasteiger partial charge in [0.2, 0.25) is 0 Å².